The summed E-state index contributed by atoms with van der Waals surface area (Å²) in [7, 11) is 3.28. The Morgan fingerprint density at radius 1 is 1.36 bits per heavy atom. The number of methoxy groups -OCH3 is 1. The summed E-state index contributed by atoms with van der Waals surface area (Å²) >= 11 is 0. The van der Waals surface area contributed by atoms with Crippen molar-refractivity contribution >= 4 is 11.2 Å². The number of aryl methyl sites for hydroxylation is 1. The molecule has 0 aliphatic rings. The maximum atomic E-state index is 12.4. The predicted molar refractivity (Wildman–Crippen MR) is 83.8 cm³/mol. The van der Waals surface area contributed by atoms with Gasteiger partial charge in [-0.3, -0.25) is 13.9 Å². The summed E-state index contributed by atoms with van der Waals surface area (Å²) in [4.78, 5) is 31.8. The van der Waals surface area contributed by atoms with Crippen LogP contribution in [0.1, 0.15) is 32.0 Å². The lowest BCUT2D eigenvalue weighted by molar-refractivity contribution is 0.108. The average molecular weight is 309 g/mol. The number of aromatic amines is 1. The smallest absolute Gasteiger partial charge is 0.332 e. The zero-order valence-electron chi connectivity index (χ0n) is 13.3. The van der Waals surface area contributed by atoms with Crippen molar-refractivity contribution in [3.05, 3.63) is 26.7 Å². The third-order valence-electron chi connectivity index (χ3n) is 3.87. The van der Waals surface area contributed by atoms with Gasteiger partial charge in [0.25, 0.3) is 5.56 Å². The highest BCUT2D eigenvalue weighted by atomic mass is 16.5. The van der Waals surface area contributed by atoms with Gasteiger partial charge in [-0.05, 0) is 26.2 Å². The fourth-order valence-corrected chi connectivity index (χ4v) is 2.41. The van der Waals surface area contributed by atoms with E-state index in [0.29, 0.717) is 23.5 Å². The molecule has 0 aromatic carbocycles. The largest absolute Gasteiger partial charge is 0.382 e. The summed E-state index contributed by atoms with van der Waals surface area (Å²) in [5, 5.41) is 0. The van der Waals surface area contributed by atoms with E-state index in [2.05, 4.69) is 9.97 Å². The summed E-state index contributed by atoms with van der Waals surface area (Å²) in [6, 6.07) is 0. The van der Waals surface area contributed by atoms with E-state index in [-0.39, 0.29) is 23.9 Å². The van der Waals surface area contributed by atoms with Crippen LogP contribution in [-0.2, 0) is 24.9 Å². The van der Waals surface area contributed by atoms with Gasteiger partial charge in [0, 0.05) is 20.7 Å². The van der Waals surface area contributed by atoms with E-state index in [4.69, 9.17) is 10.5 Å². The van der Waals surface area contributed by atoms with E-state index in [0.717, 1.165) is 19.3 Å². The number of rotatable bonds is 7. The van der Waals surface area contributed by atoms with Crippen molar-refractivity contribution in [2.24, 2.45) is 12.8 Å². The Labute approximate surface area is 127 Å². The van der Waals surface area contributed by atoms with E-state index in [1.165, 1.54) is 9.13 Å². The van der Waals surface area contributed by atoms with Crippen molar-refractivity contribution in [2.75, 3.05) is 7.11 Å². The summed E-state index contributed by atoms with van der Waals surface area (Å²) in [6.45, 7) is 2.57. The number of ether oxygens (including phenoxy) is 1. The standard InChI is InChI=1S/C14H23N5O3/c1-9(22-3)6-4-5-7-19-13(20)11-12(18(2)14(19)21)17-10(8-15)16-11/h9H,4-8,15H2,1-3H3,(H,16,17)/t9-/m1/s1. The highest BCUT2D eigenvalue weighted by molar-refractivity contribution is 5.69. The molecule has 0 amide bonds. The van der Waals surface area contributed by atoms with Crippen molar-refractivity contribution in [2.45, 2.75) is 45.4 Å². The molecule has 22 heavy (non-hydrogen) atoms. The normalized spacial score (nSPS) is 12.9. The van der Waals surface area contributed by atoms with E-state index >= 15 is 0 Å². The molecule has 0 saturated heterocycles. The Morgan fingerprint density at radius 2 is 2.09 bits per heavy atom. The van der Waals surface area contributed by atoms with Crippen LogP contribution >= 0.6 is 0 Å². The molecule has 2 aromatic heterocycles. The number of hydrogen-bond acceptors (Lipinski definition) is 5. The summed E-state index contributed by atoms with van der Waals surface area (Å²) in [5.41, 5.74) is 5.50. The second-order valence-electron chi connectivity index (χ2n) is 5.43. The Kier molecular flexibility index (Phi) is 5.15. The minimum Gasteiger partial charge on any atom is -0.382 e. The van der Waals surface area contributed by atoms with Crippen molar-refractivity contribution in [3.63, 3.8) is 0 Å². The zero-order chi connectivity index (χ0) is 16.3. The Morgan fingerprint density at radius 3 is 2.73 bits per heavy atom. The van der Waals surface area contributed by atoms with Crippen LogP contribution in [0, 0.1) is 0 Å². The van der Waals surface area contributed by atoms with Gasteiger partial charge >= 0.3 is 5.69 Å². The first-order chi connectivity index (χ1) is 10.5. The zero-order valence-corrected chi connectivity index (χ0v) is 13.3. The number of aromatic nitrogens is 4. The van der Waals surface area contributed by atoms with E-state index in [1.807, 2.05) is 6.92 Å². The summed E-state index contributed by atoms with van der Waals surface area (Å²) in [6.07, 6.45) is 2.71. The predicted octanol–water partition coefficient (Wildman–Crippen LogP) is 0.0872. The maximum absolute atomic E-state index is 12.4. The van der Waals surface area contributed by atoms with Gasteiger partial charge in [-0.2, -0.15) is 0 Å². The molecule has 0 fully saturated rings. The monoisotopic (exact) mass is 309 g/mol. The quantitative estimate of drug-likeness (QED) is 0.705. The molecule has 0 unspecified atom stereocenters. The average Bonchev–Trinajstić information content (AvgIpc) is 2.96. The second kappa shape index (κ2) is 6.89. The molecular formula is C14H23N5O3. The second-order valence-corrected chi connectivity index (χ2v) is 5.43. The number of H-pyrrole nitrogens is 1. The van der Waals surface area contributed by atoms with Gasteiger partial charge in [0.05, 0.1) is 12.6 Å². The number of fused-ring (bicyclic) bond motifs is 1. The fraction of sp³-hybridized carbons (Fsp3) is 0.643. The van der Waals surface area contributed by atoms with Crippen LogP contribution in [0.15, 0.2) is 9.59 Å². The SMILES string of the molecule is CO[C@H](C)CCCCn1c(=O)c2[nH]c(CN)nc2n(C)c1=O. The fourth-order valence-electron chi connectivity index (χ4n) is 2.41. The minimum absolute atomic E-state index is 0.182. The van der Waals surface area contributed by atoms with Gasteiger partial charge in [-0.15, -0.1) is 0 Å². The number of nitrogens with two attached hydrogens (primary N) is 1. The molecule has 8 heteroatoms. The van der Waals surface area contributed by atoms with Gasteiger partial charge in [-0.25, -0.2) is 9.78 Å². The minimum atomic E-state index is -0.354. The van der Waals surface area contributed by atoms with Gasteiger partial charge in [-0.1, -0.05) is 0 Å². The third kappa shape index (κ3) is 3.12. The molecule has 0 spiro atoms. The molecule has 0 bridgehead atoms. The number of hydrogen-bond donors (Lipinski definition) is 2. The maximum Gasteiger partial charge on any atom is 0.332 e. The highest BCUT2D eigenvalue weighted by Crippen LogP contribution is 2.06. The Hall–Kier alpha value is -1.93. The van der Waals surface area contributed by atoms with Gasteiger partial charge in [0.1, 0.15) is 11.3 Å². The van der Waals surface area contributed by atoms with E-state index in [9.17, 15) is 9.59 Å². The lowest BCUT2D eigenvalue weighted by atomic mass is 10.2. The first-order valence-electron chi connectivity index (χ1n) is 7.40. The van der Waals surface area contributed by atoms with Crippen molar-refractivity contribution in [1.82, 2.24) is 19.1 Å². The number of nitrogens with zero attached hydrogens (tertiary/aromatic N) is 3. The van der Waals surface area contributed by atoms with Crippen LogP contribution in [-0.4, -0.2) is 32.3 Å². The van der Waals surface area contributed by atoms with Crippen LogP contribution in [0.3, 0.4) is 0 Å². The topological polar surface area (TPSA) is 108 Å². The van der Waals surface area contributed by atoms with Crippen LogP contribution in [0.5, 0.6) is 0 Å². The summed E-state index contributed by atoms with van der Waals surface area (Å²) < 4.78 is 7.81. The highest BCUT2D eigenvalue weighted by Gasteiger charge is 2.14. The van der Waals surface area contributed by atoms with E-state index < -0.39 is 0 Å². The molecule has 2 rings (SSSR count). The van der Waals surface area contributed by atoms with Crippen molar-refractivity contribution in [3.8, 4) is 0 Å². The molecule has 122 valence electrons. The molecule has 0 aliphatic heterocycles. The molecule has 3 N–H and O–H groups in total. The lowest BCUT2D eigenvalue weighted by Crippen LogP contribution is -2.39. The molecule has 8 nitrogen and oxygen atoms in total. The van der Waals surface area contributed by atoms with Gasteiger partial charge in [0.15, 0.2) is 5.65 Å². The molecular weight excluding hydrogens is 286 g/mol. The number of unbranched alkanes of at least 4 members (excludes halogenated alkanes) is 1. The molecule has 0 aliphatic carbocycles. The molecule has 2 aromatic rings. The van der Waals surface area contributed by atoms with Crippen LogP contribution in [0.25, 0.3) is 11.2 Å². The van der Waals surface area contributed by atoms with Crippen LogP contribution in [0.2, 0.25) is 0 Å². The van der Waals surface area contributed by atoms with Crippen molar-refractivity contribution < 1.29 is 4.74 Å². The Balaban J connectivity index is 2.26. The first-order valence-corrected chi connectivity index (χ1v) is 7.40. The first kappa shape index (κ1) is 16.4. The van der Waals surface area contributed by atoms with Crippen LogP contribution in [0.4, 0.5) is 0 Å². The summed E-state index contributed by atoms with van der Waals surface area (Å²) in [5.74, 6) is 0.494. The Bertz CT molecular complexity index is 758. The van der Waals surface area contributed by atoms with E-state index in [1.54, 1.807) is 14.2 Å². The molecule has 0 radical (unpaired) electrons. The van der Waals surface area contributed by atoms with Crippen molar-refractivity contribution in [1.29, 1.82) is 0 Å². The number of imidazole rings is 1. The van der Waals surface area contributed by atoms with Crippen LogP contribution < -0.4 is 17.0 Å². The number of nitrogens with one attached hydrogen (secondary N) is 1. The molecule has 1 atom stereocenters. The van der Waals surface area contributed by atoms with Gasteiger partial charge < -0.3 is 15.5 Å². The molecule has 2 heterocycles. The third-order valence-corrected chi connectivity index (χ3v) is 3.87. The van der Waals surface area contributed by atoms with Gasteiger partial charge in [0.2, 0.25) is 0 Å². The molecule has 0 saturated carbocycles. The lowest BCUT2D eigenvalue weighted by Gasteiger charge is -2.10.